The van der Waals surface area contributed by atoms with Crippen LogP contribution in [0.1, 0.15) is 37.0 Å². The zero-order chi connectivity index (χ0) is 12.5. The van der Waals surface area contributed by atoms with E-state index in [4.69, 9.17) is 0 Å². The second-order valence-corrected chi connectivity index (χ2v) is 5.45. The molecule has 1 aliphatic carbocycles. The van der Waals surface area contributed by atoms with Gasteiger partial charge in [-0.05, 0) is 43.4 Å². The van der Waals surface area contributed by atoms with E-state index >= 15 is 0 Å². The molecule has 0 radical (unpaired) electrons. The number of rotatable bonds is 3. The van der Waals surface area contributed by atoms with Gasteiger partial charge < -0.3 is 0 Å². The Bertz CT molecular complexity index is 456. The van der Waals surface area contributed by atoms with Gasteiger partial charge in [-0.2, -0.15) is 5.26 Å². The molecular weight excluding hydrogens is 208 g/mol. The van der Waals surface area contributed by atoms with Crippen molar-refractivity contribution in [2.45, 2.75) is 39.2 Å². The largest absolute Gasteiger partial charge is 0.295 e. The molecule has 1 aromatic carbocycles. The zero-order valence-corrected chi connectivity index (χ0v) is 10.9. The molecule has 0 aromatic heterocycles. The van der Waals surface area contributed by atoms with Crippen LogP contribution in [-0.4, -0.2) is 6.54 Å². The molecule has 0 bridgehead atoms. The molecule has 90 valence electrons. The van der Waals surface area contributed by atoms with E-state index < -0.39 is 5.54 Å². The van der Waals surface area contributed by atoms with Crippen LogP contribution in [0.25, 0.3) is 0 Å². The molecule has 1 aromatic rings. The minimum absolute atomic E-state index is 0.453. The second kappa shape index (κ2) is 4.50. The number of aryl methyl sites for hydroxylation is 2. The molecule has 1 atom stereocenters. The summed E-state index contributed by atoms with van der Waals surface area (Å²) in [5.41, 5.74) is 3.30. The molecule has 0 saturated carbocycles. The molecule has 17 heavy (non-hydrogen) atoms. The average molecular weight is 228 g/mol. The van der Waals surface area contributed by atoms with E-state index in [9.17, 15) is 5.26 Å². The third-order valence-corrected chi connectivity index (χ3v) is 3.50. The maximum Gasteiger partial charge on any atom is 0.132 e. The van der Waals surface area contributed by atoms with Crippen LogP contribution in [-0.2, 0) is 12.0 Å². The first-order valence-corrected chi connectivity index (χ1v) is 6.34. The lowest BCUT2D eigenvalue weighted by Crippen LogP contribution is -2.41. The van der Waals surface area contributed by atoms with Gasteiger partial charge in [-0.3, -0.25) is 5.32 Å². The Labute approximate surface area is 104 Å². The molecule has 0 amide bonds. The van der Waals surface area contributed by atoms with Gasteiger partial charge in [-0.25, -0.2) is 0 Å². The van der Waals surface area contributed by atoms with Crippen molar-refractivity contribution in [2.75, 3.05) is 6.54 Å². The highest BCUT2D eigenvalue weighted by Gasteiger charge is 2.38. The smallest absolute Gasteiger partial charge is 0.132 e. The van der Waals surface area contributed by atoms with E-state index in [1.165, 1.54) is 16.7 Å². The summed E-state index contributed by atoms with van der Waals surface area (Å²) in [6.07, 6.45) is 1.91. The lowest BCUT2D eigenvalue weighted by molar-refractivity contribution is 0.392. The van der Waals surface area contributed by atoms with E-state index in [0.29, 0.717) is 5.92 Å². The highest BCUT2D eigenvalue weighted by atomic mass is 15.0. The SMILES string of the molecule is Cc1ccc2c(c1)C(C#N)(NCC(C)C)CC2. The normalized spacial score (nSPS) is 22.5. The molecule has 0 heterocycles. The van der Waals surface area contributed by atoms with Crippen molar-refractivity contribution in [3.63, 3.8) is 0 Å². The van der Waals surface area contributed by atoms with Crippen molar-refractivity contribution in [2.24, 2.45) is 5.92 Å². The van der Waals surface area contributed by atoms with Gasteiger partial charge in [0.15, 0.2) is 0 Å². The van der Waals surface area contributed by atoms with Crippen LogP contribution in [0.5, 0.6) is 0 Å². The number of fused-ring (bicyclic) bond motifs is 1. The predicted octanol–water partition coefficient (Wildman–Crippen LogP) is 2.91. The first kappa shape index (κ1) is 12.1. The molecule has 2 rings (SSSR count). The fraction of sp³-hybridized carbons (Fsp3) is 0.533. The molecule has 2 heteroatoms. The standard InChI is InChI=1S/C15H20N2/c1-11(2)9-17-15(10-16)7-6-13-5-4-12(3)8-14(13)15/h4-5,8,11,17H,6-7,9H2,1-3H3. The summed E-state index contributed by atoms with van der Waals surface area (Å²) in [6.45, 7) is 7.32. The monoisotopic (exact) mass is 228 g/mol. The van der Waals surface area contributed by atoms with Gasteiger partial charge in [0.1, 0.15) is 5.54 Å². The van der Waals surface area contributed by atoms with Crippen LogP contribution in [0.2, 0.25) is 0 Å². The number of benzene rings is 1. The molecule has 0 spiro atoms. The summed E-state index contributed by atoms with van der Waals surface area (Å²) in [5, 5.41) is 13.0. The van der Waals surface area contributed by atoms with E-state index in [-0.39, 0.29) is 0 Å². The van der Waals surface area contributed by atoms with Gasteiger partial charge in [0.05, 0.1) is 6.07 Å². The predicted molar refractivity (Wildman–Crippen MR) is 69.6 cm³/mol. The maximum absolute atomic E-state index is 9.55. The Kier molecular flexibility index (Phi) is 3.22. The second-order valence-electron chi connectivity index (χ2n) is 5.45. The molecule has 2 nitrogen and oxygen atoms in total. The van der Waals surface area contributed by atoms with Gasteiger partial charge >= 0.3 is 0 Å². The molecule has 1 aliphatic rings. The van der Waals surface area contributed by atoms with E-state index in [1.54, 1.807) is 0 Å². The molecule has 0 fully saturated rings. The summed E-state index contributed by atoms with van der Waals surface area (Å²) < 4.78 is 0. The van der Waals surface area contributed by atoms with Crippen LogP contribution < -0.4 is 5.32 Å². The van der Waals surface area contributed by atoms with E-state index in [2.05, 4.69) is 50.4 Å². The van der Waals surface area contributed by atoms with Crippen LogP contribution in [0, 0.1) is 24.2 Å². The summed E-state index contributed by atoms with van der Waals surface area (Å²) in [5.74, 6) is 0.564. The maximum atomic E-state index is 9.55. The van der Waals surface area contributed by atoms with Crippen LogP contribution in [0.15, 0.2) is 18.2 Å². The van der Waals surface area contributed by atoms with E-state index in [0.717, 1.165) is 19.4 Å². The third-order valence-electron chi connectivity index (χ3n) is 3.50. The minimum atomic E-state index is -0.453. The average Bonchev–Trinajstić information content (AvgIpc) is 2.65. The summed E-state index contributed by atoms with van der Waals surface area (Å²) >= 11 is 0. The fourth-order valence-corrected chi connectivity index (χ4v) is 2.48. The number of nitrogens with zero attached hydrogens (tertiary/aromatic N) is 1. The lowest BCUT2D eigenvalue weighted by atomic mass is 9.92. The molecular formula is C15H20N2. The Morgan fingerprint density at radius 1 is 1.47 bits per heavy atom. The van der Waals surface area contributed by atoms with E-state index in [1.807, 2.05) is 0 Å². The topological polar surface area (TPSA) is 35.8 Å². The number of nitriles is 1. The number of nitrogens with one attached hydrogen (secondary N) is 1. The van der Waals surface area contributed by atoms with Crippen molar-refractivity contribution < 1.29 is 0 Å². The molecule has 1 N–H and O–H groups in total. The van der Waals surface area contributed by atoms with Crippen LogP contribution >= 0.6 is 0 Å². The molecule has 1 unspecified atom stereocenters. The van der Waals surface area contributed by atoms with Crippen molar-refractivity contribution in [3.8, 4) is 6.07 Å². The van der Waals surface area contributed by atoms with Crippen molar-refractivity contribution >= 4 is 0 Å². The Hall–Kier alpha value is -1.33. The summed E-state index contributed by atoms with van der Waals surface area (Å²) in [6, 6.07) is 8.97. The minimum Gasteiger partial charge on any atom is -0.295 e. The lowest BCUT2D eigenvalue weighted by Gasteiger charge is -2.25. The van der Waals surface area contributed by atoms with Gasteiger partial charge in [0.2, 0.25) is 0 Å². The van der Waals surface area contributed by atoms with Crippen molar-refractivity contribution in [3.05, 3.63) is 34.9 Å². The third kappa shape index (κ3) is 2.21. The summed E-state index contributed by atoms with van der Waals surface area (Å²) in [7, 11) is 0. The Morgan fingerprint density at radius 3 is 2.88 bits per heavy atom. The fourth-order valence-electron chi connectivity index (χ4n) is 2.48. The van der Waals surface area contributed by atoms with Gasteiger partial charge in [0, 0.05) is 0 Å². The first-order valence-electron chi connectivity index (χ1n) is 6.34. The van der Waals surface area contributed by atoms with Gasteiger partial charge in [-0.1, -0.05) is 37.6 Å². The van der Waals surface area contributed by atoms with Crippen LogP contribution in [0.4, 0.5) is 0 Å². The highest BCUT2D eigenvalue weighted by Crippen LogP contribution is 2.37. The Morgan fingerprint density at radius 2 is 2.24 bits per heavy atom. The molecule has 0 saturated heterocycles. The van der Waals surface area contributed by atoms with Crippen molar-refractivity contribution in [1.82, 2.24) is 5.32 Å². The van der Waals surface area contributed by atoms with Gasteiger partial charge in [-0.15, -0.1) is 0 Å². The zero-order valence-electron chi connectivity index (χ0n) is 10.9. The number of hydrogen-bond donors (Lipinski definition) is 1. The van der Waals surface area contributed by atoms with Crippen LogP contribution in [0.3, 0.4) is 0 Å². The number of hydrogen-bond acceptors (Lipinski definition) is 2. The molecule has 0 aliphatic heterocycles. The quantitative estimate of drug-likeness (QED) is 0.863. The highest BCUT2D eigenvalue weighted by molar-refractivity contribution is 5.45. The van der Waals surface area contributed by atoms with Crippen molar-refractivity contribution in [1.29, 1.82) is 5.26 Å². The summed E-state index contributed by atoms with van der Waals surface area (Å²) in [4.78, 5) is 0. The Balaban J connectivity index is 2.34. The first-order chi connectivity index (χ1) is 8.07. The van der Waals surface area contributed by atoms with Gasteiger partial charge in [0.25, 0.3) is 0 Å².